The van der Waals surface area contributed by atoms with E-state index in [2.05, 4.69) is 31.2 Å². The van der Waals surface area contributed by atoms with Crippen LogP contribution in [-0.2, 0) is 17.8 Å². The molecule has 3 heterocycles. The van der Waals surface area contributed by atoms with Gasteiger partial charge in [-0.15, -0.1) is 11.3 Å². The second-order valence-electron chi connectivity index (χ2n) is 5.96. The normalized spacial score (nSPS) is 11.2. The minimum Gasteiger partial charge on any atom is -0.325 e. The van der Waals surface area contributed by atoms with Gasteiger partial charge in [-0.1, -0.05) is 22.9 Å². The number of nitrogens with one attached hydrogen (secondary N) is 1. The Hall–Kier alpha value is -2.58. The first-order valence-corrected chi connectivity index (χ1v) is 10.00. The van der Waals surface area contributed by atoms with Crippen LogP contribution in [0.5, 0.6) is 0 Å². The minimum absolute atomic E-state index is 0.0807. The number of aryl methyl sites for hydroxylation is 1. The molecule has 0 aliphatic rings. The van der Waals surface area contributed by atoms with E-state index < -0.39 is 0 Å². The first-order valence-electron chi connectivity index (χ1n) is 8.39. The summed E-state index contributed by atoms with van der Waals surface area (Å²) < 4.78 is 2.90. The Morgan fingerprint density at radius 3 is 2.78 bits per heavy atom. The van der Waals surface area contributed by atoms with E-state index in [0.717, 1.165) is 14.7 Å². The molecule has 0 saturated heterocycles. The van der Waals surface area contributed by atoms with Gasteiger partial charge in [0.25, 0.3) is 5.56 Å². The van der Waals surface area contributed by atoms with Crippen molar-refractivity contribution in [2.24, 2.45) is 0 Å². The Labute approximate surface area is 167 Å². The van der Waals surface area contributed by atoms with Crippen molar-refractivity contribution < 1.29 is 4.79 Å². The molecule has 1 amide bonds. The fourth-order valence-electron chi connectivity index (χ4n) is 2.92. The Bertz CT molecular complexity index is 1210. The van der Waals surface area contributed by atoms with E-state index in [0.29, 0.717) is 28.1 Å². The van der Waals surface area contributed by atoms with Gasteiger partial charge in [0.1, 0.15) is 21.9 Å². The molecular weight excluding hydrogens is 428 g/mol. The Morgan fingerprint density at radius 1 is 1.26 bits per heavy atom. The Morgan fingerprint density at radius 2 is 2.04 bits per heavy atom. The number of amides is 1. The highest BCUT2D eigenvalue weighted by molar-refractivity contribution is 9.10. The van der Waals surface area contributed by atoms with Crippen LogP contribution in [0.3, 0.4) is 0 Å². The third kappa shape index (κ3) is 3.38. The minimum atomic E-state index is -0.269. The van der Waals surface area contributed by atoms with Crippen LogP contribution in [0.2, 0.25) is 0 Å². The molecule has 4 aromatic rings. The fourth-order valence-corrected chi connectivity index (χ4v) is 4.21. The number of anilines is 1. The highest BCUT2D eigenvalue weighted by atomic mass is 79.9. The predicted octanol–water partition coefficient (Wildman–Crippen LogP) is 3.97. The van der Waals surface area contributed by atoms with Crippen molar-refractivity contribution >= 4 is 59.3 Å². The third-order valence-corrected chi connectivity index (χ3v) is 5.80. The summed E-state index contributed by atoms with van der Waals surface area (Å²) in [6.45, 7) is 1.84. The zero-order chi connectivity index (χ0) is 19.0. The van der Waals surface area contributed by atoms with E-state index >= 15 is 0 Å². The molecule has 0 saturated carbocycles. The van der Waals surface area contributed by atoms with Gasteiger partial charge in [0.2, 0.25) is 5.91 Å². The van der Waals surface area contributed by atoms with Gasteiger partial charge in [-0.05, 0) is 36.4 Å². The SMILES string of the molecule is CCc1nc2c(sc3ncccc32)c(=O)n1CC(=O)Nc1ccc(Br)cc1. The number of hydrogen-bond donors (Lipinski definition) is 1. The number of pyridine rings is 1. The lowest BCUT2D eigenvalue weighted by atomic mass is 10.3. The molecule has 0 atom stereocenters. The first-order chi connectivity index (χ1) is 13.1. The second kappa shape index (κ2) is 7.21. The molecule has 136 valence electrons. The number of hydrogen-bond acceptors (Lipinski definition) is 5. The van der Waals surface area contributed by atoms with Crippen molar-refractivity contribution in [2.45, 2.75) is 19.9 Å². The molecular formula is C19H15BrN4O2S. The molecule has 0 radical (unpaired) electrons. The highest BCUT2D eigenvalue weighted by Gasteiger charge is 2.17. The van der Waals surface area contributed by atoms with Gasteiger partial charge in [-0.25, -0.2) is 9.97 Å². The number of carbonyl (C=O) groups is 1. The van der Waals surface area contributed by atoms with Crippen molar-refractivity contribution in [3.05, 3.63) is 63.2 Å². The van der Waals surface area contributed by atoms with E-state index in [1.165, 1.54) is 15.9 Å². The van der Waals surface area contributed by atoms with Crippen LogP contribution in [0, 0.1) is 0 Å². The highest BCUT2D eigenvalue weighted by Crippen LogP contribution is 2.28. The number of halogens is 1. The van der Waals surface area contributed by atoms with Crippen molar-refractivity contribution in [1.29, 1.82) is 0 Å². The molecule has 0 fully saturated rings. The van der Waals surface area contributed by atoms with Crippen molar-refractivity contribution in [2.75, 3.05) is 5.32 Å². The van der Waals surface area contributed by atoms with Crippen LogP contribution in [0.15, 0.2) is 51.9 Å². The van der Waals surface area contributed by atoms with Gasteiger partial charge >= 0.3 is 0 Å². The summed E-state index contributed by atoms with van der Waals surface area (Å²) in [5.74, 6) is 0.316. The summed E-state index contributed by atoms with van der Waals surface area (Å²) in [5.41, 5.74) is 1.13. The molecule has 0 aliphatic carbocycles. The summed E-state index contributed by atoms with van der Waals surface area (Å²) in [6, 6.07) is 11.0. The van der Waals surface area contributed by atoms with Gasteiger partial charge in [-0.3, -0.25) is 14.2 Å². The van der Waals surface area contributed by atoms with Crippen LogP contribution in [0.25, 0.3) is 20.4 Å². The number of carbonyl (C=O) groups excluding carboxylic acids is 1. The summed E-state index contributed by atoms with van der Waals surface area (Å²) in [7, 11) is 0. The molecule has 27 heavy (non-hydrogen) atoms. The Balaban J connectivity index is 1.73. The molecule has 6 nitrogen and oxygen atoms in total. The van der Waals surface area contributed by atoms with Gasteiger partial charge in [-0.2, -0.15) is 0 Å². The lowest BCUT2D eigenvalue weighted by molar-refractivity contribution is -0.116. The topological polar surface area (TPSA) is 76.9 Å². The van der Waals surface area contributed by atoms with Crippen LogP contribution in [-0.4, -0.2) is 20.4 Å². The van der Waals surface area contributed by atoms with E-state index in [-0.39, 0.29) is 18.0 Å². The van der Waals surface area contributed by atoms with Gasteiger partial charge in [0, 0.05) is 28.2 Å². The van der Waals surface area contributed by atoms with Gasteiger partial charge in [0.05, 0.1) is 5.52 Å². The van der Waals surface area contributed by atoms with Crippen LogP contribution < -0.4 is 10.9 Å². The largest absolute Gasteiger partial charge is 0.325 e. The van der Waals surface area contributed by atoms with Crippen LogP contribution >= 0.6 is 27.3 Å². The zero-order valence-corrected chi connectivity index (χ0v) is 16.8. The number of thiophene rings is 1. The molecule has 3 aromatic heterocycles. The Kier molecular flexibility index (Phi) is 4.75. The predicted molar refractivity (Wildman–Crippen MR) is 111 cm³/mol. The number of nitrogens with zero attached hydrogens (tertiary/aromatic N) is 3. The van der Waals surface area contributed by atoms with Crippen LogP contribution in [0.4, 0.5) is 5.69 Å². The molecule has 1 N–H and O–H groups in total. The van der Waals surface area contributed by atoms with Crippen molar-refractivity contribution in [1.82, 2.24) is 14.5 Å². The van der Waals surface area contributed by atoms with Gasteiger partial charge < -0.3 is 5.32 Å². The maximum atomic E-state index is 13.0. The molecule has 8 heteroatoms. The number of benzene rings is 1. The molecule has 1 aromatic carbocycles. The summed E-state index contributed by atoms with van der Waals surface area (Å²) >= 11 is 4.67. The second-order valence-corrected chi connectivity index (χ2v) is 7.88. The molecule has 0 unspecified atom stereocenters. The zero-order valence-electron chi connectivity index (χ0n) is 14.4. The number of fused-ring (bicyclic) bond motifs is 3. The standard InChI is InChI=1S/C19H15BrN4O2S/c1-2-14-23-16-13-4-3-9-21-18(13)27-17(16)19(26)24(14)10-15(25)22-12-7-5-11(20)6-8-12/h3-9H,2,10H2,1H3,(H,22,25). The maximum Gasteiger partial charge on any atom is 0.272 e. The molecule has 4 rings (SSSR count). The lowest BCUT2D eigenvalue weighted by Crippen LogP contribution is -2.30. The van der Waals surface area contributed by atoms with E-state index in [9.17, 15) is 9.59 Å². The average Bonchev–Trinajstić information content (AvgIpc) is 3.04. The number of rotatable bonds is 4. The molecule has 0 spiro atoms. The van der Waals surface area contributed by atoms with Gasteiger partial charge in [0.15, 0.2) is 0 Å². The smallest absolute Gasteiger partial charge is 0.272 e. The number of aromatic nitrogens is 3. The fraction of sp³-hybridized carbons (Fsp3) is 0.158. The van der Waals surface area contributed by atoms with E-state index in [1.807, 2.05) is 31.2 Å². The van der Waals surface area contributed by atoms with E-state index in [4.69, 9.17) is 0 Å². The van der Waals surface area contributed by atoms with Crippen molar-refractivity contribution in [3.8, 4) is 0 Å². The quantitative estimate of drug-likeness (QED) is 0.518. The maximum absolute atomic E-state index is 13.0. The molecule has 0 aliphatic heterocycles. The van der Waals surface area contributed by atoms with Crippen LogP contribution in [0.1, 0.15) is 12.7 Å². The first kappa shape index (κ1) is 17.8. The van der Waals surface area contributed by atoms with E-state index in [1.54, 1.807) is 18.3 Å². The average molecular weight is 443 g/mol. The third-order valence-electron chi connectivity index (χ3n) is 4.18. The monoisotopic (exact) mass is 442 g/mol. The van der Waals surface area contributed by atoms with Crippen molar-refractivity contribution in [3.63, 3.8) is 0 Å². The summed E-state index contributed by atoms with van der Waals surface area (Å²) in [4.78, 5) is 35.3. The summed E-state index contributed by atoms with van der Waals surface area (Å²) in [5, 5.41) is 3.69. The lowest BCUT2D eigenvalue weighted by Gasteiger charge is -2.11. The molecule has 0 bridgehead atoms. The summed E-state index contributed by atoms with van der Waals surface area (Å²) in [6.07, 6.45) is 2.25.